The first-order valence-corrected chi connectivity index (χ1v) is 16.5. The zero-order chi connectivity index (χ0) is 32.5. The zero-order valence-corrected chi connectivity index (χ0v) is 25.8. The molecule has 13 heteroatoms. The first-order chi connectivity index (χ1) is 20.6. The number of allylic oxidation sites excluding steroid dienone is 3. The molecule has 0 aliphatic heterocycles. The van der Waals surface area contributed by atoms with Gasteiger partial charge in [-0.1, -0.05) is 49.4 Å². The molecule has 0 aliphatic carbocycles. The first kappa shape index (κ1) is 34.2. The lowest BCUT2D eigenvalue weighted by molar-refractivity contribution is -0.116. The van der Waals surface area contributed by atoms with Gasteiger partial charge in [-0.3, -0.25) is 18.8 Å². The van der Waals surface area contributed by atoms with Crippen LogP contribution in [0, 0.1) is 0 Å². The minimum Gasteiger partial charge on any atom is -0.478 e. The third-order valence-corrected chi connectivity index (χ3v) is 8.58. The smallest absolute Gasteiger partial charge is 0.335 e. The van der Waals surface area contributed by atoms with Crippen molar-refractivity contribution in [2.45, 2.75) is 37.0 Å². The summed E-state index contributed by atoms with van der Waals surface area (Å²) in [5.74, 6) is -1.80. The van der Waals surface area contributed by atoms with Crippen molar-refractivity contribution in [3.8, 4) is 0 Å². The van der Waals surface area contributed by atoms with E-state index in [1.807, 2.05) is 25.1 Å². The van der Waals surface area contributed by atoms with E-state index in [1.54, 1.807) is 48.7 Å². The Bertz CT molecular complexity index is 1750. The van der Waals surface area contributed by atoms with Gasteiger partial charge in [0.2, 0.25) is 5.91 Å². The van der Waals surface area contributed by atoms with Gasteiger partial charge in [0.1, 0.15) is 0 Å². The van der Waals surface area contributed by atoms with Crippen molar-refractivity contribution in [3.05, 3.63) is 114 Å². The maximum absolute atomic E-state index is 12.2. The number of carboxylic acid groups (broad SMARTS) is 1. The fourth-order valence-corrected chi connectivity index (χ4v) is 5.63. The van der Waals surface area contributed by atoms with E-state index in [-0.39, 0.29) is 35.8 Å². The SMILES string of the molecule is CC(=O)N(/C=C/C=C/CC(C)(c1ccc(C(=O)O)cc1)c1cc(S(=O)(=O)O)ccc1NCCCS(=O)(=O)O)c1ccccc1. The molecule has 0 saturated carbocycles. The number of hydrogen-bond donors (Lipinski definition) is 4. The molecule has 1 amide bonds. The summed E-state index contributed by atoms with van der Waals surface area (Å²) in [4.78, 5) is 24.8. The van der Waals surface area contributed by atoms with Crippen molar-refractivity contribution in [3.63, 3.8) is 0 Å². The van der Waals surface area contributed by atoms with Crippen molar-refractivity contribution in [2.24, 2.45) is 0 Å². The molecule has 0 heterocycles. The molecule has 11 nitrogen and oxygen atoms in total. The van der Waals surface area contributed by atoms with Crippen LogP contribution in [0.1, 0.15) is 48.2 Å². The van der Waals surface area contributed by atoms with Crippen LogP contribution in [0.25, 0.3) is 0 Å². The Labute approximate surface area is 257 Å². The topological polar surface area (TPSA) is 178 Å². The summed E-state index contributed by atoms with van der Waals surface area (Å²) in [5, 5.41) is 12.5. The van der Waals surface area contributed by atoms with E-state index in [0.717, 1.165) is 0 Å². The standard InChI is InChI=1S/C31H34N2O9S2/c1-23(34)33(26-10-5-3-6-11-26)20-8-4-7-18-31(2,25-14-12-24(13-15-25)30(35)36)28-22-27(44(40,41)42)16-17-29(28)32-19-9-21-43(37,38)39/h3-8,10-17,20,22,32H,9,18-19,21H2,1-2H3,(H,35,36)(H,37,38,39)(H,40,41,42)/b7-4+,20-8+. The van der Waals surface area contributed by atoms with E-state index in [1.165, 1.54) is 42.2 Å². The fourth-order valence-electron chi connectivity index (χ4n) is 4.62. The van der Waals surface area contributed by atoms with Crippen molar-refractivity contribution in [2.75, 3.05) is 22.5 Å². The van der Waals surface area contributed by atoms with Crippen LogP contribution in [0.5, 0.6) is 0 Å². The van der Waals surface area contributed by atoms with Gasteiger partial charge in [0.15, 0.2) is 0 Å². The maximum atomic E-state index is 12.2. The minimum atomic E-state index is -4.60. The molecule has 0 saturated heterocycles. The third kappa shape index (κ3) is 9.35. The summed E-state index contributed by atoms with van der Waals surface area (Å²) in [7, 11) is -8.79. The molecular weight excluding hydrogens is 608 g/mol. The Balaban J connectivity index is 2.06. The van der Waals surface area contributed by atoms with Crippen LogP contribution in [0.4, 0.5) is 11.4 Å². The van der Waals surface area contributed by atoms with Crippen molar-refractivity contribution in [1.82, 2.24) is 0 Å². The van der Waals surface area contributed by atoms with E-state index in [0.29, 0.717) is 22.5 Å². The molecule has 0 radical (unpaired) electrons. The molecular formula is C31H34N2O9S2. The number of nitrogens with one attached hydrogen (secondary N) is 1. The van der Waals surface area contributed by atoms with Gasteiger partial charge in [-0.05, 0) is 72.5 Å². The highest BCUT2D eigenvalue weighted by atomic mass is 32.2. The summed E-state index contributed by atoms with van der Waals surface area (Å²) < 4.78 is 65.4. The Kier molecular flexibility index (Phi) is 11.2. The number of para-hydroxylation sites is 1. The van der Waals surface area contributed by atoms with E-state index in [2.05, 4.69) is 5.32 Å². The second-order valence-corrected chi connectivity index (χ2v) is 13.2. The molecule has 0 bridgehead atoms. The number of carboxylic acids is 1. The van der Waals surface area contributed by atoms with Crippen LogP contribution >= 0.6 is 0 Å². The second kappa shape index (κ2) is 14.4. The normalized spacial score (nSPS) is 13.5. The molecule has 0 fully saturated rings. The van der Waals surface area contributed by atoms with E-state index >= 15 is 0 Å². The summed E-state index contributed by atoms with van der Waals surface area (Å²) in [6.07, 6.45) is 7.10. The molecule has 4 N–H and O–H groups in total. The number of nitrogens with zero attached hydrogens (tertiary/aromatic N) is 1. The van der Waals surface area contributed by atoms with Gasteiger partial charge >= 0.3 is 5.97 Å². The van der Waals surface area contributed by atoms with E-state index in [9.17, 15) is 36.1 Å². The molecule has 3 aromatic carbocycles. The van der Waals surface area contributed by atoms with Crippen LogP contribution < -0.4 is 10.2 Å². The Morgan fingerprint density at radius 3 is 2.16 bits per heavy atom. The van der Waals surface area contributed by atoms with Gasteiger partial charge < -0.3 is 10.4 Å². The lowest BCUT2D eigenvalue weighted by Gasteiger charge is -2.33. The van der Waals surface area contributed by atoms with Gasteiger partial charge in [0, 0.05) is 36.5 Å². The number of benzene rings is 3. The number of carbonyl (C=O) groups is 2. The van der Waals surface area contributed by atoms with Crippen LogP contribution in [-0.4, -0.2) is 55.2 Å². The van der Waals surface area contributed by atoms with Crippen molar-refractivity contribution in [1.29, 1.82) is 0 Å². The predicted molar refractivity (Wildman–Crippen MR) is 168 cm³/mol. The van der Waals surface area contributed by atoms with E-state index < -0.39 is 37.4 Å². The monoisotopic (exact) mass is 642 g/mol. The van der Waals surface area contributed by atoms with Gasteiger partial charge in [-0.15, -0.1) is 0 Å². The highest BCUT2D eigenvalue weighted by molar-refractivity contribution is 7.86. The summed E-state index contributed by atoms with van der Waals surface area (Å²) in [5.41, 5.74) is 1.21. The lowest BCUT2D eigenvalue weighted by atomic mass is 9.72. The summed E-state index contributed by atoms with van der Waals surface area (Å²) >= 11 is 0. The van der Waals surface area contributed by atoms with Gasteiger partial charge in [-0.2, -0.15) is 16.8 Å². The maximum Gasteiger partial charge on any atom is 0.335 e. The summed E-state index contributed by atoms with van der Waals surface area (Å²) in [6.45, 7) is 3.37. The quantitative estimate of drug-likeness (QED) is 0.105. The second-order valence-electron chi connectivity index (χ2n) is 10.2. The Morgan fingerprint density at radius 1 is 0.932 bits per heavy atom. The molecule has 1 unspecified atom stereocenters. The number of amides is 1. The molecule has 0 spiro atoms. The highest BCUT2D eigenvalue weighted by Crippen LogP contribution is 2.41. The molecule has 44 heavy (non-hydrogen) atoms. The van der Waals surface area contributed by atoms with Crippen molar-refractivity contribution >= 4 is 43.5 Å². The fraction of sp³-hybridized carbons (Fsp3) is 0.226. The number of aromatic carboxylic acids is 1. The largest absolute Gasteiger partial charge is 0.478 e. The molecule has 0 aliphatic rings. The average Bonchev–Trinajstić information content (AvgIpc) is 2.96. The lowest BCUT2D eigenvalue weighted by Crippen LogP contribution is -2.26. The number of anilines is 2. The van der Waals surface area contributed by atoms with Crippen LogP contribution in [0.3, 0.4) is 0 Å². The number of hydrogen-bond acceptors (Lipinski definition) is 7. The molecule has 0 aromatic heterocycles. The number of carbonyl (C=O) groups excluding carboxylic acids is 1. The Morgan fingerprint density at radius 2 is 1.59 bits per heavy atom. The van der Waals surface area contributed by atoms with Gasteiger partial charge in [0.05, 0.1) is 16.2 Å². The van der Waals surface area contributed by atoms with Crippen molar-refractivity contribution < 1.29 is 40.6 Å². The van der Waals surface area contributed by atoms with Crippen LogP contribution in [0.15, 0.2) is 102 Å². The average molecular weight is 643 g/mol. The first-order valence-electron chi connectivity index (χ1n) is 13.4. The molecule has 234 valence electrons. The van der Waals surface area contributed by atoms with Crippen LogP contribution in [0.2, 0.25) is 0 Å². The summed E-state index contributed by atoms with van der Waals surface area (Å²) in [6, 6.07) is 19.1. The number of rotatable bonds is 14. The highest BCUT2D eigenvalue weighted by Gasteiger charge is 2.32. The minimum absolute atomic E-state index is 0.0510. The van der Waals surface area contributed by atoms with Gasteiger partial charge in [0.25, 0.3) is 20.2 Å². The molecule has 3 aromatic rings. The zero-order valence-electron chi connectivity index (χ0n) is 24.1. The third-order valence-electron chi connectivity index (χ3n) is 6.93. The van der Waals surface area contributed by atoms with Crippen LogP contribution in [-0.2, 0) is 30.4 Å². The predicted octanol–water partition coefficient (Wildman–Crippen LogP) is 5.14. The molecule has 1 atom stereocenters. The Hall–Kier alpha value is -4.30. The van der Waals surface area contributed by atoms with Gasteiger partial charge in [-0.25, -0.2) is 4.79 Å². The molecule has 3 rings (SSSR count). The van der Waals surface area contributed by atoms with E-state index in [4.69, 9.17) is 4.55 Å².